The van der Waals surface area contributed by atoms with Gasteiger partial charge in [-0.25, -0.2) is 14.6 Å². The van der Waals surface area contributed by atoms with Gasteiger partial charge in [0.2, 0.25) is 0 Å². The Bertz CT molecular complexity index is 422. The summed E-state index contributed by atoms with van der Waals surface area (Å²) in [6.45, 7) is 0.0220. The Morgan fingerprint density at radius 3 is 2.94 bits per heavy atom. The summed E-state index contributed by atoms with van der Waals surface area (Å²) in [5.41, 5.74) is 0. The number of rotatable bonds is 2. The lowest BCUT2D eigenvalue weighted by Crippen LogP contribution is -2.43. The van der Waals surface area contributed by atoms with E-state index in [2.05, 4.69) is 10.3 Å². The van der Waals surface area contributed by atoms with Crippen LogP contribution < -0.4 is 5.32 Å². The second-order valence-electron chi connectivity index (χ2n) is 3.66. The number of carbonyl (C=O) groups excluding carboxylic acids is 1. The number of anilines is 1. The predicted octanol–water partition coefficient (Wildman–Crippen LogP) is 0.195. The molecular formula is C9H11N3O4S. The lowest BCUT2D eigenvalue weighted by atomic mass is 10.2. The summed E-state index contributed by atoms with van der Waals surface area (Å²) in [6, 6.07) is -1.53. The van der Waals surface area contributed by atoms with Gasteiger partial charge in [0.05, 0.1) is 6.10 Å². The van der Waals surface area contributed by atoms with E-state index in [0.29, 0.717) is 5.13 Å². The number of aliphatic carboxylic acids is 1. The van der Waals surface area contributed by atoms with Crippen LogP contribution >= 0.6 is 11.3 Å². The van der Waals surface area contributed by atoms with Crippen LogP contribution in [-0.4, -0.2) is 50.8 Å². The monoisotopic (exact) mass is 257 g/mol. The van der Waals surface area contributed by atoms with Crippen LogP contribution in [0.1, 0.15) is 6.42 Å². The molecule has 2 atom stereocenters. The molecule has 0 bridgehead atoms. The number of aliphatic hydroxyl groups excluding tert-OH is 1. The maximum Gasteiger partial charge on any atom is 0.326 e. The van der Waals surface area contributed by atoms with Gasteiger partial charge in [-0.1, -0.05) is 0 Å². The van der Waals surface area contributed by atoms with Crippen LogP contribution in [0.5, 0.6) is 0 Å². The number of thiazole rings is 1. The average Bonchev–Trinajstić information content (AvgIpc) is 2.86. The number of nitrogens with one attached hydrogen (secondary N) is 1. The molecule has 1 aromatic heterocycles. The molecule has 1 aromatic rings. The number of carboxylic acids is 1. The van der Waals surface area contributed by atoms with Gasteiger partial charge in [-0.15, -0.1) is 11.3 Å². The third kappa shape index (κ3) is 2.53. The minimum absolute atomic E-state index is 0.0220. The van der Waals surface area contributed by atoms with Gasteiger partial charge in [0.1, 0.15) is 6.04 Å². The van der Waals surface area contributed by atoms with E-state index in [4.69, 9.17) is 5.11 Å². The number of amides is 2. The van der Waals surface area contributed by atoms with Crippen molar-refractivity contribution in [3.63, 3.8) is 0 Å². The summed E-state index contributed by atoms with van der Waals surface area (Å²) < 4.78 is 0. The normalized spacial score (nSPS) is 23.7. The van der Waals surface area contributed by atoms with Crippen molar-refractivity contribution in [1.82, 2.24) is 9.88 Å². The summed E-state index contributed by atoms with van der Waals surface area (Å²) in [5, 5.41) is 22.9. The number of aromatic nitrogens is 1. The molecule has 0 saturated carbocycles. The summed E-state index contributed by atoms with van der Waals surface area (Å²) in [7, 11) is 0. The van der Waals surface area contributed by atoms with Gasteiger partial charge in [-0.05, 0) is 0 Å². The molecule has 2 amide bonds. The first-order chi connectivity index (χ1) is 8.08. The fourth-order valence-corrected chi connectivity index (χ4v) is 2.24. The predicted molar refractivity (Wildman–Crippen MR) is 59.9 cm³/mol. The van der Waals surface area contributed by atoms with Crippen molar-refractivity contribution in [3.05, 3.63) is 11.6 Å². The first-order valence-electron chi connectivity index (χ1n) is 4.96. The summed E-state index contributed by atoms with van der Waals surface area (Å²) in [5.74, 6) is -1.11. The maximum absolute atomic E-state index is 11.8. The van der Waals surface area contributed by atoms with Gasteiger partial charge in [0.25, 0.3) is 0 Å². The molecule has 1 aliphatic heterocycles. The van der Waals surface area contributed by atoms with Crippen molar-refractivity contribution in [2.75, 3.05) is 11.9 Å². The van der Waals surface area contributed by atoms with Gasteiger partial charge in [0, 0.05) is 24.5 Å². The van der Waals surface area contributed by atoms with Crippen LogP contribution in [0.15, 0.2) is 11.6 Å². The van der Waals surface area contributed by atoms with E-state index in [1.807, 2.05) is 0 Å². The Balaban J connectivity index is 2.05. The van der Waals surface area contributed by atoms with E-state index in [-0.39, 0.29) is 13.0 Å². The molecule has 17 heavy (non-hydrogen) atoms. The van der Waals surface area contributed by atoms with E-state index in [1.165, 1.54) is 17.5 Å². The number of β-amino-alcohol motifs (C(OH)–C–C–N with tert-alkyl or cyclic N) is 1. The minimum atomic E-state index is -1.11. The highest BCUT2D eigenvalue weighted by atomic mass is 32.1. The second kappa shape index (κ2) is 4.68. The van der Waals surface area contributed by atoms with Crippen LogP contribution in [-0.2, 0) is 4.79 Å². The molecule has 1 aliphatic rings. The quantitative estimate of drug-likeness (QED) is 0.702. The molecule has 8 heteroatoms. The molecule has 2 rings (SSSR count). The van der Waals surface area contributed by atoms with Crippen molar-refractivity contribution in [3.8, 4) is 0 Å². The fourth-order valence-electron chi connectivity index (χ4n) is 1.72. The van der Waals surface area contributed by atoms with Gasteiger partial charge in [-0.3, -0.25) is 5.32 Å². The van der Waals surface area contributed by atoms with Crippen molar-refractivity contribution >= 4 is 28.5 Å². The molecule has 2 unspecified atom stereocenters. The zero-order valence-corrected chi connectivity index (χ0v) is 9.55. The lowest BCUT2D eigenvalue weighted by Gasteiger charge is -2.20. The highest BCUT2D eigenvalue weighted by Gasteiger charge is 2.39. The number of aliphatic hydroxyl groups is 1. The Kier molecular flexibility index (Phi) is 3.25. The van der Waals surface area contributed by atoms with Crippen LogP contribution in [0.25, 0.3) is 0 Å². The average molecular weight is 257 g/mol. The Morgan fingerprint density at radius 1 is 1.59 bits per heavy atom. The van der Waals surface area contributed by atoms with Crippen molar-refractivity contribution in [2.24, 2.45) is 0 Å². The standard InChI is InChI=1S/C9H11N3O4S/c13-5-3-6(7(14)15)12(4-5)9(16)11-8-10-1-2-17-8/h1-2,5-6,13H,3-4H2,(H,14,15)(H,10,11,16). The van der Waals surface area contributed by atoms with E-state index in [0.717, 1.165) is 4.90 Å². The third-order valence-electron chi connectivity index (χ3n) is 2.47. The topological polar surface area (TPSA) is 103 Å². The lowest BCUT2D eigenvalue weighted by molar-refractivity contribution is -0.141. The van der Waals surface area contributed by atoms with Gasteiger partial charge >= 0.3 is 12.0 Å². The van der Waals surface area contributed by atoms with E-state index >= 15 is 0 Å². The Morgan fingerprint density at radius 2 is 2.35 bits per heavy atom. The highest BCUT2D eigenvalue weighted by Crippen LogP contribution is 2.20. The molecule has 1 fully saturated rings. The summed E-state index contributed by atoms with van der Waals surface area (Å²) in [4.78, 5) is 27.7. The molecule has 3 N–H and O–H groups in total. The molecule has 0 spiro atoms. The van der Waals surface area contributed by atoms with E-state index < -0.39 is 24.1 Å². The van der Waals surface area contributed by atoms with Crippen molar-refractivity contribution in [2.45, 2.75) is 18.6 Å². The molecule has 0 aliphatic carbocycles. The van der Waals surface area contributed by atoms with Gasteiger partial charge in [0.15, 0.2) is 5.13 Å². The molecule has 0 radical (unpaired) electrons. The van der Waals surface area contributed by atoms with E-state index in [1.54, 1.807) is 5.38 Å². The van der Waals surface area contributed by atoms with Crippen LogP contribution in [0.3, 0.4) is 0 Å². The van der Waals surface area contributed by atoms with Crippen LogP contribution in [0, 0.1) is 0 Å². The maximum atomic E-state index is 11.8. The van der Waals surface area contributed by atoms with Crippen molar-refractivity contribution < 1.29 is 19.8 Å². The largest absolute Gasteiger partial charge is 0.480 e. The number of hydrogen-bond acceptors (Lipinski definition) is 5. The SMILES string of the molecule is O=C(O)C1CC(O)CN1C(=O)Nc1nccs1. The third-order valence-corrected chi connectivity index (χ3v) is 3.16. The number of likely N-dealkylation sites (tertiary alicyclic amines) is 1. The Labute approximate surface area is 101 Å². The smallest absolute Gasteiger partial charge is 0.326 e. The molecule has 2 heterocycles. The zero-order chi connectivity index (χ0) is 12.4. The zero-order valence-electron chi connectivity index (χ0n) is 8.74. The number of nitrogens with zero attached hydrogens (tertiary/aromatic N) is 2. The number of carboxylic acid groups (broad SMARTS) is 1. The summed E-state index contributed by atoms with van der Waals surface area (Å²) >= 11 is 1.24. The molecule has 92 valence electrons. The first kappa shape index (κ1) is 11.8. The van der Waals surface area contributed by atoms with Crippen LogP contribution in [0.2, 0.25) is 0 Å². The van der Waals surface area contributed by atoms with Crippen LogP contribution in [0.4, 0.5) is 9.93 Å². The Hall–Kier alpha value is -1.67. The molecule has 1 saturated heterocycles. The van der Waals surface area contributed by atoms with Gasteiger partial charge < -0.3 is 15.1 Å². The first-order valence-corrected chi connectivity index (χ1v) is 5.84. The number of hydrogen-bond donors (Lipinski definition) is 3. The van der Waals surface area contributed by atoms with Crippen molar-refractivity contribution in [1.29, 1.82) is 0 Å². The second-order valence-corrected chi connectivity index (χ2v) is 4.56. The van der Waals surface area contributed by atoms with E-state index in [9.17, 15) is 14.7 Å². The number of urea groups is 1. The molecule has 7 nitrogen and oxygen atoms in total. The fraction of sp³-hybridized carbons (Fsp3) is 0.444. The number of carbonyl (C=O) groups is 2. The van der Waals surface area contributed by atoms with Gasteiger partial charge in [-0.2, -0.15) is 0 Å². The molecular weight excluding hydrogens is 246 g/mol. The molecule has 0 aromatic carbocycles. The minimum Gasteiger partial charge on any atom is -0.480 e. The summed E-state index contributed by atoms with van der Waals surface area (Å²) in [6.07, 6.45) is 0.798. The highest BCUT2D eigenvalue weighted by molar-refractivity contribution is 7.13.